The summed E-state index contributed by atoms with van der Waals surface area (Å²) in [6.07, 6.45) is 3.42. The highest BCUT2D eigenvalue weighted by Crippen LogP contribution is 2.40. The number of nitrogens with one attached hydrogen (secondary N) is 1. The third-order valence-corrected chi connectivity index (χ3v) is 4.26. The molecule has 0 amide bonds. The summed E-state index contributed by atoms with van der Waals surface area (Å²) < 4.78 is 16.2. The molecule has 1 aromatic heterocycles. The predicted octanol–water partition coefficient (Wildman–Crippen LogP) is 4.34. The summed E-state index contributed by atoms with van der Waals surface area (Å²) in [7, 11) is 4.76. The normalized spacial score (nSPS) is 11.6. The number of methoxy groups -OCH3 is 3. The quantitative estimate of drug-likeness (QED) is 0.672. The van der Waals surface area contributed by atoms with Crippen LogP contribution < -0.4 is 19.5 Å². The Labute approximate surface area is 159 Å². The van der Waals surface area contributed by atoms with Gasteiger partial charge in [0.2, 0.25) is 5.75 Å². The van der Waals surface area contributed by atoms with Gasteiger partial charge in [0.1, 0.15) is 5.82 Å². The summed E-state index contributed by atoms with van der Waals surface area (Å²) in [5.74, 6) is 2.38. The summed E-state index contributed by atoms with van der Waals surface area (Å²) in [6.45, 7) is 2.09. The van der Waals surface area contributed by atoms with Gasteiger partial charge in [-0.3, -0.25) is 4.98 Å². The van der Waals surface area contributed by atoms with E-state index in [0.717, 1.165) is 5.56 Å². The van der Waals surface area contributed by atoms with Crippen LogP contribution >= 0.6 is 0 Å². The van der Waals surface area contributed by atoms with Crippen molar-refractivity contribution in [3.05, 3.63) is 60.4 Å². The van der Waals surface area contributed by atoms with E-state index in [1.54, 1.807) is 33.7 Å². The molecule has 27 heavy (non-hydrogen) atoms. The molecule has 3 aromatic rings. The largest absolute Gasteiger partial charge is 0.493 e. The monoisotopic (exact) mass is 365 g/mol. The van der Waals surface area contributed by atoms with Gasteiger partial charge in [-0.1, -0.05) is 30.3 Å². The fraction of sp³-hybridized carbons (Fsp3) is 0.238. The summed E-state index contributed by atoms with van der Waals surface area (Å²) in [5, 5.41) is 3.39. The number of rotatable bonds is 7. The highest BCUT2D eigenvalue weighted by Gasteiger charge is 2.15. The summed E-state index contributed by atoms with van der Waals surface area (Å²) in [4.78, 5) is 9.01. The number of anilines is 1. The van der Waals surface area contributed by atoms with Crippen molar-refractivity contribution in [1.82, 2.24) is 9.97 Å². The van der Waals surface area contributed by atoms with Gasteiger partial charge in [0, 0.05) is 11.6 Å². The van der Waals surface area contributed by atoms with Gasteiger partial charge in [-0.05, 0) is 24.6 Å². The minimum Gasteiger partial charge on any atom is -0.493 e. The smallest absolute Gasteiger partial charge is 0.203 e. The Morgan fingerprint density at radius 1 is 0.889 bits per heavy atom. The number of ether oxygens (including phenoxy) is 3. The Morgan fingerprint density at radius 3 is 2.15 bits per heavy atom. The average molecular weight is 365 g/mol. The molecule has 6 heteroatoms. The van der Waals surface area contributed by atoms with Crippen LogP contribution in [0.3, 0.4) is 0 Å². The summed E-state index contributed by atoms with van der Waals surface area (Å²) in [6, 6.07) is 14.0. The minimum absolute atomic E-state index is 0.107. The Kier molecular flexibility index (Phi) is 5.76. The number of hydrogen-bond donors (Lipinski definition) is 1. The van der Waals surface area contributed by atoms with Gasteiger partial charge >= 0.3 is 0 Å². The molecular formula is C21H23N3O3. The van der Waals surface area contributed by atoms with Crippen LogP contribution in [-0.2, 0) is 0 Å². The van der Waals surface area contributed by atoms with E-state index < -0.39 is 0 Å². The molecule has 0 unspecified atom stereocenters. The average Bonchev–Trinajstić information content (AvgIpc) is 2.73. The summed E-state index contributed by atoms with van der Waals surface area (Å²) >= 11 is 0. The topological polar surface area (TPSA) is 65.5 Å². The van der Waals surface area contributed by atoms with Crippen molar-refractivity contribution < 1.29 is 14.2 Å². The van der Waals surface area contributed by atoms with Gasteiger partial charge in [0.05, 0.1) is 39.4 Å². The second-order valence-electron chi connectivity index (χ2n) is 5.98. The van der Waals surface area contributed by atoms with E-state index in [1.807, 2.05) is 30.3 Å². The van der Waals surface area contributed by atoms with Gasteiger partial charge in [0.15, 0.2) is 11.5 Å². The summed E-state index contributed by atoms with van der Waals surface area (Å²) in [5.41, 5.74) is 2.71. The first-order valence-electron chi connectivity index (χ1n) is 8.60. The zero-order chi connectivity index (χ0) is 19.2. The Hall–Kier alpha value is -3.28. The van der Waals surface area contributed by atoms with Crippen molar-refractivity contribution in [3.63, 3.8) is 0 Å². The van der Waals surface area contributed by atoms with E-state index in [2.05, 4.69) is 34.3 Å². The molecule has 0 bridgehead atoms. The second-order valence-corrected chi connectivity index (χ2v) is 5.98. The minimum atomic E-state index is 0.107. The van der Waals surface area contributed by atoms with Gasteiger partial charge in [-0.15, -0.1) is 0 Å². The third kappa shape index (κ3) is 4.11. The first kappa shape index (κ1) is 18.5. The molecule has 3 rings (SSSR count). The van der Waals surface area contributed by atoms with E-state index in [1.165, 1.54) is 5.56 Å². The number of aromatic nitrogens is 2. The van der Waals surface area contributed by atoms with Crippen LogP contribution in [0, 0.1) is 0 Å². The lowest BCUT2D eigenvalue weighted by molar-refractivity contribution is 0.324. The van der Waals surface area contributed by atoms with Gasteiger partial charge in [-0.2, -0.15) is 0 Å². The van der Waals surface area contributed by atoms with E-state index in [4.69, 9.17) is 14.2 Å². The van der Waals surface area contributed by atoms with Crippen LogP contribution in [0.2, 0.25) is 0 Å². The first-order chi connectivity index (χ1) is 13.2. The van der Waals surface area contributed by atoms with Crippen molar-refractivity contribution in [2.45, 2.75) is 13.0 Å². The van der Waals surface area contributed by atoms with Crippen molar-refractivity contribution in [3.8, 4) is 28.5 Å². The standard InChI is InChI=1S/C21H23N3O3/c1-14(15-8-6-5-7-9-15)23-20-13-22-12-17(24-20)16-10-18(25-2)21(27-4)19(11-16)26-3/h5-14H,1-4H3,(H,23,24)/t14-/m0/s1. The molecule has 140 valence electrons. The number of nitrogens with zero attached hydrogens (tertiary/aromatic N) is 2. The fourth-order valence-corrected chi connectivity index (χ4v) is 2.85. The van der Waals surface area contributed by atoms with Gasteiger partial charge in [-0.25, -0.2) is 4.98 Å². The molecule has 0 saturated heterocycles. The first-order valence-corrected chi connectivity index (χ1v) is 8.60. The van der Waals surface area contributed by atoms with Gasteiger partial charge < -0.3 is 19.5 Å². The van der Waals surface area contributed by atoms with E-state index in [0.29, 0.717) is 28.8 Å². The molecule has 1 heterocycles. The molecule has 0 radical (unpaired) electrons. The maximum atomic E-state index is 5.42. The highest BCUT2D eigenvalue weighted by atomic mass is 16.5. The molecule has 1 atom stereocenters. The lowest BCUT2D eigenvalue weighted by Gasteiger charge is -2.16. The molecular weight excluding hydrogens is 342 g/mol. The molecule has 6 nitrogen and oxygen atoms in total. The van der Waals surface area contributed by atoms with E-state index >= 15 is 0 Å². The molecule has 0 aliphatic heterocycles. The number of hydrogen-bond acceptors (Lipinski definition) is 6. The second kappa shape index (κ2) is 8.40. The Balaban J connectivity index is 1.91. The van der Waals surface area contributed by atoms with E-state index in [-0.39, 0.29) is 6.04 Å². The SMILES string of the molecule is COc1cc(-c2cncc(N[C@@H](C)c3ccccc3)n2)cc(OC)c1OC. The van der Waals surface area contributed by atoms with Gasteiger partial charge in [0.25, 0.3) is 0 Å². The maximum absolute atomic E-state index is 5.42. The maximum Gasteiger partial charge on any atom is 0.203 e. The lowest BCUT2D eigenvalue weighted by atomic mass is 10.1. The molecule has 2 aromatic carbocycles. The highest BCUT2D eigenvalue weighted by molar-refractivity contribution is 5.69. The van der Waals surface area contributed by atoms with Crippen LogP contribution in [0.25, 0.3) is 11.3 Å². The van der Waals surface area contributed by atoms with Crippen LogP contribution in [0.15, 0.2) is 54.9 Å². The van der Waals surface area contributed by atoms with Crippen molar-refractivity contribution in [1.29, 1.82) is 0 Å². The zero-order valence-corrected chi connectivity index (χ0v) is 15.9. The Bertz CT molecular complexity index is 875. The van der Waals surface area contributed by atoms with Crippen LogP contribution in [0.4, 0.5) is 5.82 Å². The van der Waals surface area contributed by atoms with Crippen molar-refractivity contribution >= 4 is 5.82 Å². The molecule has 0 aliphatic carbocycles. The molecule has 0 fully saturated rings. The Morgan fingerprint density at radius 2 is 1.56 bits per heavy atom. The number of benzene rings is 2. The van der Waals surface area contributed by atoms with Crippen LogP contribution in [0.5, 0.6) is 17.2 Å². The molecule has 0 spiro atoms. The molecule has 0 aliphatic rings. The fourth-order valence-electron chi connectivity index (χ4n) is 2.85. The molecule has 0 saturated carbocycles. The third-order valence-electron chi connectivity index (χ3n) is 4.26. The van der Waals surface area contributed by atoms with Crippen LogP contribution in [-0.4, -0.2) is 31.3 Å². The van der Waals surface area contributed by atoms with Crippen molar-refractivity contribution in [2.24, 2.45) is 0 Å². The lowest BCUT2D eigenvalue weighted by Crippen LogP contribution is -2.08. The zero-order valence-electron chi connectivity index (χ0n) is 15.9. The predicted molar refractivity (Wildman–Crippen MR) is 106 cm³/mol. The van der Waals surface area contributed by atoms with Crippen LogP contribution in [0.1, 0.15) is 18.5 Å². The molecule has 1 N–H and O–H groups in total. The van der Waals surface area contributed by atoms with Crippen molar-refractivity contribution in [2.75, 3.05) is 26.6 Å². The van der Waals surface area contributed by atoms with E-state index in [9.17, 15) is 0 Å².